The molecule has 0 spiro atoms. The standard InChI is InChI=1S/C15H34N2OP2/c1-12(20-18-15(5,6)7)17-10-8-13(9-11-17)19-16-14(2,3)4/h12-13,16,19-20H,8-11H2,1-7H3. The van der Waals surface area contributed by atoms with E-state index in [-0.39, 0.29) is 11.1 Å². The van der Waals surface area contributed by atoms with Crippen molar-refractivity contribution in [1.82, 2.24) is 9.99 Å². The number of nitrogens with zero attached hydrogens (tertiary/aromatic N) is 1. The van der Waals surface area contributed by atoms with Gasteiger partial charge in [-0.05, 0) is 80.1 Å². The molecule has 0 aromatic rings. The van der Waals surface area contributed by atoms with Gasteiger partial charge in [-0.2, -0.15) is 0 Å². The van der Waals surface area contributed by atoms with Crippen LogP contribution in [0.15, 0.2) is 0 Å². The predicted molar refractivity (Wildman–Crippen MR) is 94.4 cm³/mol. The van der Waals surface area contributed by atoms with Crippen LogP contribution in [0, 0.1) is 0 Å². The van der Waals surface area contributed by atoms with Gasteiger partial charge < -0.3 is 4.52 Å². The largest absolute Gasteiger partial charge is 0.355 e. The van der Waals surface area contributed by atoms with E-state index in [1.54, 1.807) is 0 Å². The van der Waals surface area contributed by atoms with Crippen molar-refractivity contribution in [2.75, 3.05) is 13.1 Å². The Balaban J connectivity index is 2.24. The van der Waals surface area contributed by atoms with Gasteiger partial charge in [0.05, 0.1) is 5.60 Å². The fraction of sp³-hybridized carbons (Fsp3) is 1.00. The molecule has 0 bridgehead atoms. The minimum atomic E-state index is -0.0109. The highest BCUT2D eigenvalue weighted by Gasteiger charge is 2.25. The van der Waals surface area contributed by atoms with Crippen molar-refractivity contribution in [3.8, 4) is 0 Å². The third kappa shape index (κ3) is 8.25. The Morgan fingerprint density at radius 3 is 2.10 bits per heavy atom. The zero-order valence-electron chi connectivity index (χ0n) is 14.3. The maximum Gasteiger partial charge on any atom is 0.0638 e. The van der Waals surface area contributed by atoms with Gasteiger partial charge in [0.15, 0.2) is 0 Å². The van der Waals surface area contributed by atoms with Crippen molar-refractivity contribution < 1.29 is 4.52 Å². The summed E-state index contributed by atoms with van der Waals surface area (Å²) in [7, 11) is 1.49. The maximum atomic E-state index is 5.94. The van der Waals surface area contributed by atoms with Crippen molar-refractivity contribution in [3.05, 3.63) is 0 Å². The molecule has 1 aliphatic heterocycles. The Kier molecular flexibility index (Phi) is 7.36. The second kappa shape index (κ2) is 7.84. The second-order valence-electron chi connectivity index (χ2n) is 7.84. The fourth-order valence-electron chi connectivity index (χ4n) is 2.09. The Hall–Kier alpha value is 0.740. The van der Waals surface area contributed by atoms with Crippen molar-refractivity contribution >= 4 is 17.5 Å². The quantitative estimate of drug-likeness (QED) is 0.769. The van der Waals surface area contributed by atoms with Crippen LogP contribution in [0.2, 0.25) is 0 Å². The normalized spacial score (nSPS) is 22.4. The molecule has 0 aromatic carbocycles. The lowest BCUT2D eigenvalue weighted by Gasteiger charge is -2.37. The van der Waals surface area contributed by atoms with Gasteiger partial charge in [0.1, 0.15) is 0 Å². The minimum absolute atomic E-state index is 0.0109. The molecule has 1 aliphatic rings. The van der Waals surface area contributed by atoms with E-state index in [9.17, 15) is 0 Å². The molecule has 1 saturated heterocycles. The molecule has 1 N–H and O–H groups in total. The van der Waals surface area contributed by atoms with Crippen molar-refractivity contribution in [2.24, 2.45) is 0 Å². The predicted octanol–water partition coefficient (Wildman–Crippen LogP) is 4.19. The molecule has 3 atom stereocenters. The fourth-order valence-corrected chi connectivity index (χ4v) is 4.20. The van der Waals surface area contributed by atoms with Crippen LogP contribution in [0.5, 0.6) is 0 Å². The van der Waals surface area contributed by atoms with Crippen molar-refractivity contribution in [2.45, 2.75) is 83.9 Å². The van der Waals surface area contributed by atoms with Gasteiger partial charge in [-0.25, -0.2) is 0 Å². The highest BCUT2D eigenvalue weighted by atomic mass is 31.1. The van der Waals surface area contributed by atoms with Crippen molar-refractivity contribution in [1.29, 1.82) is 0 Å². The number of hydrogen-bond donors (Lipinski definition) is 1. The molecule has 0 aliphatic carbocycles. The molecule has 120 valence electrons. The molecular weight excluding hydrogens is 286 g/mol. The number of likely N-dealkylation sites (tertiary alicyclic amines) is 1. The topological polar surface area (TPSA) is 24.5 Å². The first-order chi connectivity index (χ1) is 9.07. The molecular formula is C15H34N2OP2. The molecule has 0 amide bonds. The van der Waals surface area contributed by atoms with Crippen LogP contribution < -0.4 is 5.09 Å². The summed E-state index contributed by atoms with van der Waals surface area (Å²) in [4.78, 5) is 2.60. The maximum absolute atomic E-state index is 5.94. The van der Waals surface area contributed by atoms with Crippen LogP contribution in [0.25, 0.3) is 0 Å². The van der Waals surface area contributed by atoms with Gasteiger partial charge in [-0.15, -0.1) is 0 Å². The van der Waals surface area contributed by atoms with E-state index in [0.717, 1.165) is 14.4 Å². The molecule has 0 saturated carbocycles. The summed E-state index contributed by atoms with van der Waals surface area (Å²) in [6.07, 6.45) is 2.65. The molecule has 1 heterocycles. The van der Waals surface area contributed by atoms with E-state index in [0.29, 0.717) is 14.6 Å². The third-order valence-electron chi connectivity index (χ3n) is 3.26. The van der Waals surface area contributed by atoms with E-state index in [4.69, 9.17) is 4.52 Å². The summed E-state index contributed by atoms with van der Waals surface area (Å²) in [6, 6.07) is 0. The summed E-state index contributed by atoms with van der Waals surface area (Å²) in [5, 5.41) is 3.67. The summed E-state index contributed by atoms with van der Waals surface area (Å²) in [5.74, 6) is 0.564. The average molecular weight is 320 g/mol. The van der Waals surface area contributed by atoms with E-state index in [2.05, 4.69) is 58.5 Å². The Morgan fingerprint density at radius 1 is 1.10 bits per heavy atom. The molecule has 0 aromatic heterocycles. The lowest BCUT2D eigenvalue weighted by atomic mass is 10.1. The highest BCUT2D eigenvalue weighted by molar-refractivity contribution is 7.36. The van der Waals surface area contributed by atoms with Crippen molar-refractivity contribution in [3.63, 3.8) is 0 Å². The van der Waals surface area contributed by atoms with Gasteiger partial charge in [0.2, 0.25) is 0 Å². The first kappa shape index (κ1) is 18.8. The third-order valence-corrected chi connectivity index (χ3v) is 6.58. The lowest BCUT2D eigenvalue weighted by molar-refractivity contribution is 0.142. The van der Waals surface area contributed by atoms with Crippen LogP contribution in [-0.4, -0.2) is 40.6 Å². The van der Waals surface area contributed by atoms with E-state index >= 15 is 0 Å². The monoisotopic (exact) mass is 320 g/mol. The van der Waals surface area contributed by atoms with Crippen LogP contribution >= 0.6 is 17.5 Å². The Labute approximate surface area is 129 Å². The number of piperidine rings is 1. The summed E-state index contributed by atoms with van der Waals surface area (Å²) in [6.45, 7) is 17.9. The SMILES string of the molecule is CC(POC(C)(C)C)N1CCC(PNC(C)(C)C)CC1. The molecule has 3 unspecified atom stereocenters. The average Bonchev–Trinajstić information content (AvgIpc) is 2.32. The van der Waals surface area contributed by atoms with Crippen LogP contribution in [-0.2, 0) is 4.52 Å². The number of nitrogens with one attached hydrogen (secondary N) is 1. The van der Waals surface area contributed by atoms with Crippen LogP contribution in [0.4, 0.5) is 0 Å². The van der Waals surface area contributed by atoms with E-state index in [1.165, 1.54) is 25.9 Å². The zero-order chi connectivity index (χ0) is 15.4. The summed E-state index contributed by atoms with van der Waals surface area (Å²) >= 11 is 0. The van der Waals surface area contributed by atoms with Gasteiger partial charge in [0, 0.05) is 20.1 Å². The summed E-state index contributed by atoms with van der Waals surface area (Å²) in [5.41, 5.74) is 1.11. The molecule has 20 heavy (non-hydrogen) atoms. The first-order valence-corrected chi connectivity index (χ1v) is 9.83. The molecule has 1 rings (SSSR count). The van der Waals surface area contributed by atoms with E-state index < -0.39 is 0 Å². The molecule has 3 nitrogen and oxygen atoms in total. The Bertz CT molecular complexity index is 279. The molecule has 0 radical (unpaired) electrons. The van der Waals surface area contributed by atoms with Gasteiger partial charge in [-0.3, -0.25) is 9.99 Å². The Morgan fingerprint density at radius 2 is 1.65 bits per heavy atom. The lowest BCUT2D eigenvalue weighted by Crippen LogP contribution is -2.40. The van der Waals surface area contributed by atoms with Crippen LogP contribution in [0.3, 0.4) is 0 Å². The van der Waals surface area contributed by atoms with E-state index in [1.807, 2.05) is 0 Å². The van der Waals surface area contributed by atoms with Crippen LogP contribution in [0.1, 0.15) is 61.3 Å². The highest BCUT2D eigenvalue weighted by Crippen LogP contribution is 2.34. The smallest absolute Gasteiger partial charge is 0.0638 e. The second-order valence-corrected chi connectivity index (χ2v) is 10.5. The van der Waals surface area contributed by atoms with Gasteiger partial charge >= 0.3 is 0 Å². The molecule has 1 fully saturated rings. The number of rotatable bonds is 5. The summed E-state index contributed by atoms with van der Waals surface area (Å²) < 4.78 is 5.94. The molecule has 5 heteroatoms. The zero-order valence-corrected chi connectivity index (χ0v) is 16.3. The first-order valence-electron chi connectivity index (χ1n) is 7.77. The number of hydrogen-bond acceptors (Lipinski definition) is 3. The minimum Gasteiger partial charge on any atom is -0.355 e. The van der Waals surface area contributed by atoms with Gasteiger partial charge in [-0.1, -0.05) is 8.73 Å². The van der Waals surface area contributed by atoms with Gasteiger partial charge in [0.25, 0.3) is 0 Å².